The molecule has 1 fully saturated rings. The monoisotopic (exact) mass is 173 g/mol. The van der Waals surface area contributed by atoms with Crippen LogP contribution >= 0.6 is 0 Å². The van der Waals surface area contributed by atoms with Gasteiger partial charge in [-0.15, -0.1) is 0 Å². The van der Waals surface area contributed by atoms with Crippen molar-refractivity contribution in [3.63, 3.8) is 0 Å². The number of rotatable bonds is 0. The molecule has 0 radical (unpaired) electrons. The molecule has 0 aromatic rings. The molecule has 1 aliphatic rings. The van der Waals surface area contributed by atoms with Crippen molar-refractivity contribution in [1.29, 1.82) is 0 Å². The fourth-order valence-electron chi connectivity index (χ4n) is 1.13. The van der Waals surface area contributed by atoms with Gasteiger partial charge in [0.15, 0.2) is 9.84 Å². The summed E-state index contributed by atoms with van der Waals surface area (Å²) in [5.41, 5.74) is 5.13. The van der Waals surface area contributed by atoms with Crippen molar-refractivity contribution in [1.82, 2.24) is 0 Å². The van der Waals surface area contributed by atoms with Gasteiger partial charge in [-0.1, -0.05) is 11.8 Å². The maximum Gasteiger partial charge on any atom is 0.164 e. The lowest BCUT2D eigenvalue weighted by molar-refractivity contribution is 0.598. The average molecular weight is 173 g/mol. The molecule has 1 atom stereocenters. The van der Waals surface area contributed by atoms with Crippen LogP contribution in [0.15, 0.2) is 0 Å². The molecule has 1 unspecified atom stereocenters. The zero-order valence-electron chi connectivity index (χ0n) is 6.21. The van der Waals surface area contributed by atoms with Gasteiger partial charge in [-0.25, -0.2) is 8.42 Å². The third kappa shape index (κ3) is 1.95. The Bertz CT molecular complexity index is 283. The summed E-state index contributed by atoms with van der Waals surface area (Å²) in [7, 11) is -2.89. The summed E-state index contributed by atoms with van der Waals surface area (Å²) in [6.07, 6.45) is 1.42. The van der Waals surface area contributed by atoms with E-state index in [1.54, 1.807) is 0 Å². The van der Waals surface area contributed by atoms with Crippen LogP contribution in [0.4, 0.5) is 0 Å². The van der Waals surface area contributed by atoms with Gasteiger partial charge in [-0.05, 0) is 12.8 Å². The van der Waals surface area contributed by atoms with Crippen LogP contribution in [0, 0.1) is 11.8 Å². The lowest BCUT2D eigenvalue weighted by Crippen LogP contribution is -2.13. The molecule has 0 saturated carbocycles. The largest absolute Gasteiger partial charge is 0.320 e. The molecule has 1 heterocycles. The van der Waals surface area contributed by atoms with Gasteiger partial charge >= 0.3 is 0 Å². The van der Waals surface area contributed by atoms with E-state index in [1.165, 1.54) is 0 Å². The second-order valence-electron chi connectivity index (χ2n) is 2.52. The molecule has 2 N–H and O–H groups in total. The predicted octanol–water partition coefficient (Wildman–Crippen LogP) is -0.474. The first-order valence-electron chi connectivity index (χ1n) is 3.57. The van der Waals surface area contributed by atoms with Gasteiger partial charge in [0, 0.05) is 0 Å². The lowest BCUT2D eigenvalue weighted by Gasteiger charge is -1.96. The van der Waals surface area contributed by atoms with Crippen LogP contribution in [-0.2, 0) is 9.84 Å². The Morgan fingerprint density at radius 1 is 1.55 bits per heavy atom. The number of nitrogens with two attached hydrogens (primary N) is 1. The van der Waals surface area contributed by atoms with E-state index in [0.29, 0.717) is 6.42 Å². The maximum atomic E-state index is 11.1. The summed E-state index contributed by atoms with van der Waals surface area (Å²) in [5.74, 6) is 5.54. The molecule has 0 spiro atoms. The molecular weight excluding hydrogens is 162 g/mol. The molecule has 62 valence electrons. The van der Waals surface area contributed by atoms with E-state index in [2.05, 4.69) is 11.8 Å². The van der Waals surface area contributed by atoms with Crippen molar-refractivity contribution in [3.8, 4) is 11.8 Å². The summed E-state index contributed by atoms with van der Waals surface area (Å²) in [6.45, 7) is 0.242. The Balaban J connectivity index is 2.74. The average Bonchev–Trinajstić information content (AvgIpc) is 2.25. The molecule has 0 aromatic heterocycles. The van der Waals surface area contributed by atoms with Crippen molar-refractivity contribution in [2.24, 2.45) is 5.73 Å². The van der Waals surface area contributed by atoms with E-state index in [9.17, 15) is 8.42 Å². The normalized spacial score (nSPS) is 27.5. The number of hydrogen-bond acceptors (Lipinski definition) is 3. The Kier molecular flexibility index (Phi) is 2.53. The minimum absolute atomic E-state index is 0.242. The minimum atomic E-state index is -2.89. The Hall–Kier alpha value is -0.530. The smallest absolute Gasteiger partial charge is 0.164 e. The van der Waals surface area contributed by atoms with Crippen LogP contribution in [0.3, 0.4) is 0 Å². The standard InChI is InChI=1S/C7H11NO2S/c8-5-1-3-7-4-2-6-11(7,9)10/h7H,2,4-6,8H2. The highest BCUT2D eigenvalue weighted by molar-refractivity contribution is 7.92. The van der Waals surface area contributed by atoms with Gasteiger partial charge in [0.25, 0.3) is 0 Å². The fourth-order valence-corrected chi connectivity index (χ4v) is 2.77. The summed E-state index contributed by atoms with van der Waals surface area (Å²) < 4.78 is 22.2. The van der Waals surface area contributed by atoms with Gasteiger partial charge < -0.3 is 5.73 Å². The fraction of sp³-hybridized carbons (Fsp3) is 0.714. The predicted molar refractivity (Wildman–Crippen MR) is 43.6 cm³/mol. The molecule has 3 nitrogen and oxygen atoms in total. The van der Waals surface area contributed by atoms with Gasteiger partial charge in [0.2, 0.25) is 0 Å². The number of sulfone groups is 1. The summed E-state index contributed by atoms with van der Waals surface area (Å²) in [6, 6.07) is 0. The van der Waals surface area contributed by atoms with Crippen LogP contribution < -0.4 is 5.73 Å². The SMILES string of the molecule is NCC#CC1CCCS1(=O)=O. The molecule has 0 aliphatic carbocycles. The Morgan fingerprint density at radius 2 is 2.27 bits per heavy atom. The molecule has 0 aromatic carbocycles. The molecule has 11 heavy (non-hydrogen) atoms. The molecular formula is C7H11NO2S. The molecule has 0 amide bonds. The van der Waals surface area contributed by atoms with Gasteiger partial charge in [0.05, 0.1) is 12.3 Å². The van der Waals surface area contributed by atoms with E-state index in [0.717, 1.165) is 6.42 Å². The van der Waals surface area contributed by atoms with Crippen molar-refractivity contribution < 1.29 is 8.42 Å². The minimum Gasteiger partial charge on any atom is -0.320 e. The van der Waals surface area contributed by atoms with E-state index in [4.69, 9.17) is 5.73 Å². The first-order valence-corrected chi connectivity index (χ1v) is 5.28. The lowest BCUT2D eigenvalue weighted by atomic mass is 10.2. The highest BCUT2D eigenvalue weighted by atomic mass is 32.2. The van der Waals surface area contributed by atoms with E-state index >= 15 is 0 Å². The molecule has 4 heteroatoms. The zero-order valence-corrected chi connectivity index (χ0v) is 7.02. The van der Waals surface area contributed by atoms with Crippen LogP contribution in [0.5, 0.6) is 0 Å². The third-order valence-electron chi connectivity index (χ3n) is 1.69. The van der Waals surface area contributed by atoms with Crippen LogP contribution in [0.1, 0.15) is 12.8 Å². The Morgan fingerprint density at radius 3 is 2.73 bits per heavy atom. The van der Waals surface area contributed by atoms with Crippen LogP contribution in [0.25, 0.3) is 0 Å². The van der Waals surface area contributed by atoms with Crippen molar-refractivity contribution >= 4 is 9.84 Å². The molecule has 1 aliphatic heterocycles. The van der Waals surface area contributed by atoms with Crippen LogP contribution in [0.2, 0.25) is 0 Å². The highest BCUT2D eigenvalue weighted by Crippen LogP contribution is 2.18. The second kappa shape index (κ2) is 3.24. The highest BCUT2D eigenvalue weighted by Gasteiger charge is 2.29. The van der Waals surface area contributed by atoms with Gasteiger partial charge in [0.1, 0.15) is 5.25 Å². The summed E-state index contributed by atoms with van der Waals surface area (Å²) in [4.78, 5) is 0. The summed E-state index contributed by atoms with van der Waals surface area (Å²) >= 11 is 0. The van der Waals surface area contributed by atoms with Crippen molar-refractivity contribution in [2.45, 2.75) is 18.1 Å². The van der Waals surface area contributed by atoms with Gasteiger partial charge in [-0.2, -0.15) is 0 Å². The number of hydrogen-bond donors (Lipinski definition) is 1. The maximum absolute atomic E-state index is 11.1. The van der Waals surface area contributed by atoms with E-state index in [-0.39, 0.29) is 12.3 Å². The van der Waals surface area contributed by atoms with E-state index in [1.807, 2.05) is 0 Å². The zero-order chi connectivity index (χ0) is 8.32. The quantitative estimate of drug-likeness (QED) is 0.504. The summed E-state index contributed by atoms with van der Waals surface area (Å²) in [5, 5.41) is -0.439. The topological polar surface area (TPSA) is 60.2 Å². The Labute approximate surface area is 66.9 Å². The molecule has 1 rings (SSSR count). The molecule has 1 saturated heterocycles. The van der Waals surface area contributed by atoms with Crippen LogP contribution in [-0.4, -0.2) is 26.0 Å². The van der Waals surface area contributed by atoms with E-state index < -0.39 is 15.1 Å². The van der Waals surface area contributed by atoms with Crippen molar-refractivity contribution in [3.05, 3.63) is 0 Å². The second-order valence-corrected chi connectivity index (χ2v) is 4.83. The van der Waals surface area contributed by atoms with Gasteiger partial charge in [-0.3, -0.25) is 0 Å². The first-order chi connectivity index (χ1) is 5.17. The molecule has 0 bridgehead atoms. The first kappa shape index (κ1) is 8.57. The third-order valence-corrected chi connectivity index (χ3v) is 3.77. The van der Waals surface area contributed by atoms with Crippen molar-refractivity contribution in [2.75, 3.05) is 12.3 Å².